The molecule has 0 bridgehead atoms. The van der Waals surface area contributed by atoms with Gasteiger partial charge in [0, 0.05) is 11.8 Å². The number of phosphoric ester groups is 1. The van der Waals surface area contributed by atoms with Crippen molar-refractivity contribution in [3.8, 4) is 0 Å². The summed E-state index contributed by atoms with van der Waals surface area (Å²) < 4.78 is 21.1. The maximum atomic E-state index is 11.9. The van der Waals surface area contributed by atoms with E-state index in [0.717, 1.165) is 10.8 Å². The van der Waals surface area contributed by atoms with Gasteiger partial charge in [0.05, 0.1) is 6.61 Å². The maximum absolute atomic E-state index is 11.9. The monoisotopic (exact) mass is 364 g/mol. The Morgan fingerprint density at radius 2 is 2.04 bits per heavy atom. The van der Waals surface area contributed by atoms with Crippen molar-refractivity contribution in [1.29, 1.82) is 0 Å². The van der Waals surface area contributed by atoms with Crippen LogP contribution in [0.25, 0.3) is 0 Å². The standard InChI is InChI=1S/C12H17N2O9P/c1-2-3-6-4-14(12(18)13-10(6)17)11-9(16)8(15)7(23-11)5-22-24(19,20)21/h2,4,7-9,11,15-16H,1,3,5H2,(H,13,17,18)(H2,19,20,21)/t7-,8-,9-,11-/m1/s1. The molecule has 0 saturated carbocycles. The molecule has 1 aromatic rings. The van der Waals surface area contributed by atoms with Crippen LogP contribution in [0.5, 0.6) is 0 Å². The Morgan fingerprint density at radius 1 is 1.38 bits per heavy atom. The van der Waals surface area contributed by atoms with Crippen LogP contribution in [0.3, 0.4) is 0 Å². The van der Waals surface area contributed by atoms with Gasteiger partial charge in [-0.15, -0.1) is 6.58 Å². The van der Waals surface area contributed by atoms with Gasteiger partial charge in [0.25, 0.3) is 5.56 Å². The molecule has 4 atom stereocenters. The van der Waals surface area contributed by atoms with E-state index in [1.165, 1.54) is 6.08 Å². The predicted octanol–water partition coefficient (Wildman–Crippen LogP) is -2.01. The van der Waals surface area contributed by atoms with Crippen LogP contribution in [-0.4, -0.2) is 54.5 Å². The van der Waals surface area contributed by atoms with Crippen molar-refractivity contribution in [2.45, 2.75) is 31.0 Å². The summed E-state index contributed by atoms with van der Waals surface area (Å²) >= 11 is 0. The second-order valence-electron chi connectivity index (χ2n) is 5.15. The summed E-state index contributed by atoms with van der Waals surface area (Å²) in [5, 5.41) is 19.9. The number of rotatable bonds is 6. The average molecular weight is 364 g/mol. The zero-order chi connectivity index (χ0) is 18.1. The highest BCUT2D eigenvalue weighted by Crippen LogP contribution is 2.38. The first-order chi connectivity index (χ1) is 11.1. The van der Waals surface area contributed by atoms with E-state index in [-0.39, 0.29) is 12.0 Å². The van der Waals surface area contributed by atoms with Crippen molar-refractivity contribution >= 4 is 7.82 Å². The van der Waals surface area contributed by atoms with Gasteiger partial charge in [-0.1, -0.05) is 6.08 Å². The fourth-order valence-electron chi connectivity index (χ4n) is 2.28. The number of aromatic amines is 1. The predicted molar refractivity (Wildman–Crippen MR) is 79.1 cm³/mol. The smallest absolute Gasteiger partial charge is 0.387 e. The third kappa shape index (κ3) is 4.08. The highest BCUT2D eigenvalue weighted by Gasteiger charge is 2.45. The van der Waals surface area contributed by atoms with Gasteiger partial charge in [-0.2, -0.15) is 0 Å². The minimum Gasteiger partial charge on any atom is -0.387 e. The van der Waals surface area contributed by atoms with Gasteiger partial charge in [0.2, 0.25) is 0 Å². The first kappa shape index (κ1) is 18.7. The van der Waals surface area contributed by atoms with Crippen LogP contribution in [0.2, 0.25) is 0 Å². The van der Waals surface area contributed by atoms with E-state index in [1.807, 2.05) is 0 Å². The summed E-state index contributed by atoms with van der Waals surface area (Å²) in [4.78, 5) is 42.9. The quantitative estimate of drug-likeness (QED) is 0.283. The molecule has 11 nitrogen and oxygen atoms in total. The summed E-state index contributed by atoms with van der Waals surface area (Å²) in [7, 11) is -4.79. The van der Waals surface area contributed by atoms with Gasteiger partial charge < -0.3 is 24.7 Å². The molecule has 0 aromatic carbocycles. The Kier molecular flexibility index (Phi) is 5.56. The Bertz CT molecular complexity index is 767. The lowest BCUT2D eigenvalue weighted by molar-refractivity contribution is -0.0544. The van der Waals surface area contributed by atoms with Crippen LogP contribution in [0.1, 0.15) is 11.8 Å². The molecule has 0 aliphatic carbocycles. The number of hydrogen-bond acceptors (Lipinski definition) is 7. The zero-order valence-electron chi connectivity index (χ0n) is 12.3. The van der Waals surface area contributed by atoms with Crippen LogP contribution >= 0.6 is 7.82 Å². The molecule has 0 spiro atoms. The Morgan fingerprint density at radius 3 is 2.62 bits per heavy atom. The molecule has 1 fully saturated rings. The summed E-state index contributed by atoms with van der Waals surface area (Å²) in [6.07, 6.45) is -3.01. The van der Waals surface area contributed by atoms with Gasteiger partial charge in [0.1, 0.15) is 18.3 Å². The molecule has 1 aromatic heterocycles. The van der Waals surface area contributed by atoms with E-state index in [9.17, 15) is 24.4 Å². The van der Waals surface area contributed by atoms with E-state index in [4.69, 9.17) is 14.5 Å². The number of aromatic nitrogens is 2. The molecule has 0 unspecified atom stereocenters. The normalized spacial score (nSPS) is 27.3. The summed E-state index contributed by atoms with van der Waals surface area (Å²) in [6.45, 7) is 2.78. The van der Waals surface area contributed by atoms with Crippen LogP contribution in [-0.2, 0) is 20.2 Å². The zero-order valence-corrected chi connectivity index (χ0v) is 13.2. The summed E-state index contributed by atoms with van der Waals surface area (Å²) in [5.74, 6) is 0. The Balaban J connectivity index is 2.28. The van der Waals surface area contributed by atoms with Crippen molar-refractivity contribution < 1.29 is 33.8 Å². The number of H-pyrrole nitrogens is 1. The molecule has 0 radical (unpaired) electrons. The van der Waals surface area contributed by atoms with Crippen molar-refractivity contribution in [2.24, 2.45) is 0 Å². The molecular weight excluding hydrogens is 347 g/mol. The van der Waals surface area contributed by atoms with E-state index < -0.39 is 50.2 Å². The van der Waals surface area contributed by atoms with Gasteiger partial charge in [-0.3, -0.25) is 18.9 Å². The highest BCUT2D eigenvalue weighted by atomic mass is 31.2. The molecule has 2 heterocycles. The molecule has 1 aliphatic rings. The number of allylic oxidation sites excluding steroid dienone is 1. The lowest BCUT2D eigenvalue weighted by Gasteiger charge is -2.17. The van der Waals surface area contributed by atoms with E-state index in [2.05, 4.69) is 16.1 Å². The largest absolute Gasteiger partial charge is 0.469 e. The van der Waals surface area contributed by atoms with Crippen molar-refractivity contribution in [3.05, 3.63) is 45.3 Å². The lowest BCUT2D eigenvalue weighted by Crippen LogP contribution is -2.38. The number of aliphatic hydroxyl groups is 2. The molecule has 0 amide bonds. The van der Waals surface area contributed by atoms with Gasteiger partial charge in [-0.25, -0.2) is 9.36 Å². The molecule has 2 rings (SSSR count). The van der Waals surface area contributed by atoms with Gasteiger partial charge >= 0.3 is 13.5 Å². The molecule has 1 saturated heterocycles. The molecule has 134 valence electrons. The number of aliphatic hydroxyl groups excluding tert-OH is 2. The van der Waals surface area contributed by atoms with Gasteiger partial charge in [0.15, 0.2) is 6.23 Å². The second kappa shape index (κ2) is 7.11. The first-order valence-corrected chi connectivity index (χ1v) is 8.34. The third-order valence-corrected chi connectivity index (χ3v) is 3.91. The lowest BCUT2D eigenvalue weighted by atomic mass is 10.1. The van der Waals surface area contributed by atoms with Gasteiger partial charge in [-0.05, 0) is 6.42 Å². The van der Waals surface area contributed by atoms with Crippen molar-refractivity contribution in [2.75, 3.05) is 6.61 Å². The minimum atomic E-state index is -4.79. The Hall–Kier alpha value is -1.59. The minimum absolute atomic E-state index is 0.158. The fraction of sp³-hybridized carbons (Fsp3) is 0.500. The molecule has 12 heteroatoms. The number of phosphoric acid groups is 1. The van der Waals surface area contributed by atoms with Crippen LogP contribution < -0.4 is 11.2 Å². The van der Waals surface area contributed by atoms with E-state index in [0.29, 0.717) is 0 Å². The topological polar surface area (TPSA) is 171 Å². The third-order valence-electron chi connectivity index (χ3n) is 3.42. The van der Waals surface area contributed by atoms with Crippen LogP contribution in [0, 0.1) is 0 Å². The maximum Gasteiger partial charge on any atom is 0.469 e. The van der Waals surface area contributed by atoms with E-state index >= 15 is 0 Å². The second-order valence-corrected chi connectivity index (χ2v) is 6.39. The summed E-state index contributed by atoms with van der Waals surface area (Å²) in [6, 6.07) is 0. The number of ether oxygens (including phenoxy) is 1. The molecule has 5 N–H and O–H groups in total. The molecule has 1 aliphatic heterocycles. The van der Waals surface area contributed by atoms with Crippen LogP contribution in [0.15, 0.2) is 28.4 Å². The number of nitrogens with zero attached hydrogens (tertiary/aromatic N) is 1. The van der Waals surface area contributed by atoms with Crippen molar-refractivity contribution in [1.82, 2.24) is 9.55 Å². The van der Waals surface area contributed by atoms with Crippen LogP contribution in [0.4, 0.5) is 0 Å². The Labute approximate surface area is 135 Å². The highest BCUT2D eigenvalue weighted by molar-refractivity contribution is 7.46. The summed E-state index contributed by atoms with van der Waals surface area (Å²) in [5.41, 5.74) is -1.31. The first-order valence-electron chi connectivity index (χ1n) is 6.81. The number of nitrogens with one attached hydrogen (secondary N) is 1. The molecular formula is C12H17N2O9P. The SMILES string of the molecule is C=CCc1cn([C@@H]2O[C@H](COP(=O)(O)O)[C@@H](O)[C@H]2O)c(=O)[nH]c1=O. The fourth-order valence-corrected chi connectivity index (χ4v) is 2.63. The number of hydrogen-bond donors (Lipinski definition) is 5. The molecule has 24 heavy (non-hydrogen) atoms. The van der Waals surface area contributed by atoms with Crippen molar-refractivity contribution in [3.63, 3.8) is 0 Å². The van der Waals surface area contributed by atoms with E-state index in [1.54, 1.807) is 0 Å². The average Bonchev–Trinajstić information content (AvgIpc) is 2.75.